The van der Waals surface area contributed by atoms with Crippen LogP contribution in [0.2, 0.25) is 0 Å². The maximum atomic E-state index is 12.0. The minimum Gasteiger partial charge on any atom is -0.394 e. The van der Waals surface area contributed by atoms with Crippen molar-refractivity contribution in [3.05, 3.63) is 33.1 Å². The first kappa shape index (κ1) is 15.9. The van der Waals surface area contributed by atoms with Crippen molar-refractivity contribution >= 4 is 0 Å². The van der Waals surface area contributed by atoms with Gasteiger partial charge in [-0.2, -0.15) is 0 Å². The topological polar surface area (TPSA) is 134 Å². The van der Waals surface area contributed by atoms with Crippen LogP contribution < -0.4 is 11.2 Å². The summed E-state index contributed by atoms with van der Waals surface area (Å²) >= 11 is 0. The van der Waals surface area contributed by atoms with Crippen LogP contribution in [-0.2, 0) is 15.2 Å². The third kappa shape index (κ3) is 2.32. The second kappa shape index (κ2) is 5.70. The molecule has 1 aromatic rings. The van der Waals surface area contributed by atoms with Crippen molar-refractivity contribution in [1.82, 2.24) is 9.55 Å². The number of hydrogen-bond donors (Lipinski definition) is 4. The molecule has 0 radical (unpaired) electrons. The molecule has 1 fully saturated rings. The zero-order chi connectivity index (χ0) is 15.8. The highest BCUT2D eigenvalue weighted by atomic mass is 16.6. The monoisotopic (exact) mass is 302 g/mol. The zero-order valence-corrected chi connectivity index (χ0v) is 11.6. The van der Waals surface area contributed by atoms with Gasteiger partial charge in [-0.25, -0.2) is 4.79 Å². The van der Waals surface area contributed by atoms with E-state index in [9.17, 15) is 24.9 Å². The molecule has 1 aliphatic rings. The van der Waals surface area contributed by atoms with Gasteiger partial charge < -0.3 is 24.8 Å². The molecule has 4 N–H and O–H groups in total. The molecule has 2 heterocycles. The quantitative estimate of drug-likeness (QED) is 0.477. The first-order valence-electron chi connectivity index (χ1n) is 6.38. The number of ether oxygens (including phenoxy) is 2. The highest BCUT2D eigenvalue weighted by Gasteiger charge is 2.59. The summed E-state index contributed by atoms with van der Waals surface area (Å²) in [7, 11) is 1.35. The summed E-state index contributed by atoms with van der Waals surface area (Å²) in [5.41, 5.74) is -3.19. The Morgan fingerprint density at radius 2 is 2.19 bits per heavy atom. The molecule has 21 heavy (non-hydrogen) atoms. The average Bonchev–Trinajstić information content (AvgIpc) is 2.72. The zero-order valence-electron chi connectivity index (χ0n) is 11.6. The Morgan fingerprint density at radius 3 is 2.67 bits per heavy atom. The largest absolute Gasteiger partial charge is 0.394 e. The second-order valence-corrected chi connectivity index (χ2v) is 4.88. The minimum absolute atomic E-state index is 0.547. The first-order valence-corrected chi connectivity index (χ1v) is 6.38. The van der Waals surface area contributed by atoms with Gasteiger partial charge in [0.15, 0.2) is 0 Å². The van der Waals surface area contributed by atoms with E-state index in [4.69, 9.17) is 9.47 Å². The van der Waals surface area contributed by atoms with Crippen LogP contribution in [-0.4, -0.2) is 63.0 Å². The van der Waals surface area contributed by atoms with E-state index in [2.05, 4.69) is 0 Å². The van der Waals surface area contributed by atoms with Crippen LogP contribution in [0.3, 0.4) is 0 Å². The number of aliphatic hydroxyl groups is 3. The van der Waals surface area contributed by atoms with E-state index in [0.717, 1.165) is 16.8 Å². The lowest BCUT2D eigenvalue weighted by atomic mass is 9.97. The average molecular weight is 302 g/mol. The number of aromatic nitrogens is 2. The highest BCUT2D eigenvalue weighted by Crippen LogP contribution is 2.38. The van der Waals surface area contributed by atoms with Crippen LogP contribution in [0.1, 0.15) is 6.92 Å². The normalized spacial score (nSPS) is 34.0. The summed E-state index contributed by atoms with van der Waals surface area (Å²) < 4.78 is 11.7. The number of hydrogen-bond acceptors (Lipinski definition) is 7. The molecule has 0 saturated carbocycles. The lowest BCUT2D eigenvalue weighted by Crippen LogP contribution is -2.58. The summed E-state index contributed by atoms with van der Waals surface area (Å²) in [5.74, 6) is 0. The molecule has 1 saturated heterocycles. The van der Waals surface area contributed by atoms with Gasteiger partial charge in [0.1, 0.15) is 24.4 Å². The smallest absolute Gasteiger partial charge is 0.330 e. The van der Waals surface area contributed by atoms with Crippen LogP contribution in [0.15, 0.2) is 21.9 Å². The lowest BCUT2D eigenvalue weighted by Gasteiger charge is -2.37. The summed E-state index contributed by atoms with van der Waals surface area (Å²) in [6.45, 7) is 0.988. The summed E-state index contributed by atoms with van der Waals surface area (Å²) in [4.78, 5) is 25.2. The lowest BCUT2D eigenvalue weighted by molar-refractivity contribution is -0.212. The molecule has 1 aliphatic heterocycles. The van der Waals surface area contributed by atoms with Crippen molar-refractivity contribution in [1.29, 1.82) is 0 Å². The van der Waals surface area contributed by atoms with E-state index in [1.165, 1.54) is 14.0 Å². The van der Waals surface area contributed by atoms with Gasteiger partial charge in [-0.05, 0) is 6.92 Å². The number of aromatic amines is 1. The molecule has 0 aliphatic carbocycles. The van der Waals surface area contributed by atoms with E-state index in [0.29, 0.717) is 0 Å². The van der Waals surface area contributed by atoms with Gasteiger partial charge in [-0.1, -0.05) is 0 Å². The summed E-state index contributed by atoms with van der Waals surface area (Å²) in [5, 5.41) is 29.5. The standard InChI is InChI=1S/C12H18N2O7/c1-6(20-2)12(10(18)9(17)7(5-15)21-12)14-4-3-8(16)13-11(14)19/h3-4,6-7,9-10,15,17-18H,5H2,1-2H3,(H,13,16,19)/t6?,7-,9-,10-,12-/m1/s1. The number of nitrogens with zero attached hydrogens (tertiary/aromatic N) is 1. The van der Waals surface area contributed by atoms with Crippen LogP contribution in [0.5, 0.6) is 0 Å². The van der Waals surface area contributed by atoms with Crippen LogP contribution in [0.25, 0.3) is 0 Å². The Morgan fingerprint density at radius 1 is 1.52 bits per heavy atom. The SMILES string of the molecule is COC(C)[C@@]1(n2ccc(=O)[nH]c2=O)O[C@H](CO)[C@@H](O)[C@H]1O. The fraction of sp³-hybridized carbons (Fsp3) is 0.667. The third-order valence-electron chi connectivity index (χ3n) is 3.78. The van der Waals surface area contributed by atoms with Crippen LogP contribution >= 0.6 is 0 Å². The van der Waals surface area contributed by atoms with E-state index >= 15 is 0 Å². The Bertz CT molecular complexity index is 612. The van der Waals surface area contributed by atoms with E-state index in [1.807, 2.05) is 4.98 Å². The maximum absolute atomic E-state index is 12.0. The van der Waals surface area contributed by atoms with Gasteiger partial charge >= 0.3 is 5.69 Å². The molecular weight excluding hydrogens is 284 g/mol. The van der Waals surface area contributed by atoms with E-state index in [-0.39, 0.29) is 0 Å². The molecule has 0 amide bonds. The molecule has 0 spiro atoms. The predicted molar refractivity (Wildman–Crippen MR) is 69.7 cm³/mol. The first-order chi connectivity index (χ1) is 9.88. The summed E-state index contributed by atoms with van der Waals surface area (Å²) in [6, 6.07) is 1.08. The van der Waals surface area contributed by atoms with Gasteiger partial charge in [0.2, 0.25) is 5.72 Å². The Labute approximate surface area is 119 Å². The van der Waals surface area contributed by atoms with Crippen molar-refractivity contribution in [2.75, 3.05) is 13.7 Å². The van der Waals surface area contributed by atoms with Crippen molar-refractivity contribution in [2.45, 2.75) is 37.1 Å². The fourth-order valence-corrected chi connectivity index (χ4v) is 2.57. The predicted octanol–water partition coefficient (Wildman–Crippen LogP) is -2.66. The number of H-pyrrole nitrogens is 1. The molecule has 9 nitrogen and oxygen atoms in total. The van der Waals surface area contributed by atoms with Gasteiger partial charge in [-0.3, -0.25) is 14.3 Å². The fourth-order valence-electron chi connectivity index (χ4n) is 2.57. The number of methoxy groups -OCH3 is 1. The van der Waals surface area contributed by atoms with Crippen molar-refractivity contribution in [2.24, 2.45) is 0 Å². The van der Waals surface area contributed by atoms with E-state index < -0.39 is 48.0 Å². The number of aliphatic hydroxyl groups excluding tert-OH is 3. The molecule has 0 aromatic carbocycles. The molecule has 1 aromatic heterocycles. The van der Waals surface area contributed by atoms with Crippen LogP contribution in [0.4, 0.5) is 0 Å². The van der Waals surface area contributed by atoms with Crippen LogP contribution in [0, 0.1) is 0 Å². The molecule has 0 bridgehead atoms. The van der Waals surface area contributed by atoms with Crippen molar-refractivity contribution < 1.29 is 24.8 Å². The molecule has 5 atom stereocenters. The Kier molecular flexibility index (Phi) is 4.30. The second-order valence-electron chi connectivity index (χ2n) is 4.88. The van der Waals surface area contributed by atoms with Crippen molar-refractivity contribution in [3.63, 3.8) is 0 Å². The molecule has 118 valence electrons. The Hall–Kier alpha value is -1.52. The molecule has 1 unspecified atom stereocenters. The Balaban J connectivity index is 2.64. The van der Waals surface area contributed by atoms with E-state index in [1.54, 1.807) is 0 Å². The molecule has 9 heteroatoms. The van der Waals surface area contributed by atoms with Gasteiger partial charge in [0, 0.05) is 19.4 Å². The number of nitrogens with one attached hydrogen (secondary N) is 1. The molecule has 2 rings (SSSR count). The molecular formula is C12H18N2O7. The van der Waals surface area contributed by atoms with Crippen molar-refractivity contribution in [3.8, 4) is 0 Å². The highest BCUT2D eigenvalue weighted by molar-refractivity contribution is 5.04. The van der Waals surface area contributed by atoms with Gasteiger partial charge in [0.25, 0.3) is 5.56 Å². The third-order valence-corrected chi connectivity index (χ3v) is 3.78. The van der Waals surface area contributed by atoms with Gasteiger partial charge in [0.05, 0.1) is 6.61 Å². The maximum Gasteiger partial charge on any atom is 0.330 e. The number of rotatable bonds is 4. The minimum atomic E-state index is -1.76. The van der Waals surface area contributed by atoms with Gasteiger partial charge in [-0.15, -0.1) is 0 Å². The summed E-state index contributed by atoms with van der Waals surface area (Å²) in [6.07, 6.45) is -3.73.